The van der Waals surface area contributed by atoms with E-state index in [1.165, 1.54) is 22.7 Å². The van der Waals surface area contributed by atoms with E-state index in [1.807, 2.05) is 32.9 Å². The van der Waals surface area contributed by atoms with Gasteiger partial charge in [-0.05, 0) is 74.6 Å². The molecule has 0 radical (unpaired) electrons. The lowest BCUT2D eigenvalue weighted by atomic mass is 10.1. The number of nitrogens with zero attached hydrogens (tertiary/aromatic N) is 1. The topological polar surface area (TPSA) is 42.0 Å². The summed E-state index contributed by atoms with van der Waals surface area (Å²) in [5.41, 5.74) is 6.52. The Morgan fingerprint density at radius 2 is 1.74 bits per heavy atom. The molecule has 3 nitrogen and oxygen atoms in total. The molecule has 0 aliphatic rings. The van der Waals surface area contributed by atoms with E-state index in [2.05, 4.69) is 49.5 Å². The Morgan fingerprint density at radius 1 is 1.04 bits per heavy atom. The molecule has 0 saturated carbocycles. The van der Waals surface area contributed by atoms with E-state index >= 15 is 0 Å². The van der Waals surface area contributed by atoms with E-state index in [-0.39, 0.29) is 11.2 Å². The number of amides is 1. The molecule has 1 amide bonds. The molecule has 0 saturated heterocycles. The number of nitrogens with one attached hydrogen (secondary N) is 1. The Bertz CT molecular complexity index is 977. The zero-order valence-corrected chi connectivity index (χ0v) is 17.4. The predicted octanol–water partition coefficient (Wildman–Crippen LogP) is 5.98. The van der Waals surface area contributed by atoms with Crippen LogP contribution in [0, 0.1) is 27.7 Å². The molecule has 0 bridgehead atoms. The van der Waals surface area contributed by atoms with Crippen molar-refractivity contribution in [1.82, 2.24) is 4.98 Å². The first-order valence-electron chi connectivity index (χ1n) is 9.30. The number of aromatic nitrogens is 1. The van der Waals surface area contributed by atoms with Gasteiger partial charge >= 0.3 is 0 Å². The number of carbonyl (C=O) groups excluding carboxylic acids is 1. The smallest absolute Gasteiger partial charge is 0.237 e. The monoisotopic (exact) mass is 378 g/mol. The largest absolute Gasteiger partial charge is 0.325 e. The summed E-state index contributed by atoms with van der Waals surface area (Å²) in [5.74, 6) is 0.0248. The Morgan fingerprint density at radius 3 is 2.41 bits per heavy atom. The zero-order valence-electron chi connectivity index (χ0n) is 16.6. The second-order valence-corrected chi connectivity index (χ2v) is 8.35. The predicted molar refractivity (Wildman–Crippen MR) is 116 cm³/mol. The molecule has 0 spiro atoms. The average molecular weight is 379 g/mol. The third-order valence-electron chi connectivity index (χ3n) is 4.64. The number of para-hydroxylation sites is 1. The van der Waals surface area contributed by atoms with Crippen molar-refractivity contribution in [3.05, 3.63) is 64.7 Å². The number of benzene rings is 2. The van der Waals surface area contributed by atoms with Crippen molar-refractivity contribution in [1.29, 1.82) is 0 Å². The van der Waals surface area contributed by atoms with Crippen molar-refractivity contribution >= 4 is 34.3 Å². The van der Waals surface area contributed by atoms with Gasteiger partial charge in [-0.1, -0.05) is 43.0 Å². The van der Waals surface area contributed by atoms with Gasteiger partial charge in [0, 0.05) is 11.1 Å². The minimum atomic E-state index is -0.181. The van der Waals surface area contributed by atoms with E-state index in [9.17, 15) is 4.79 Å². The molecule has 1 aromatic heterocycles. The lowest BCUT2D eigenvalue weighted by molar-refractivity contribution is -0.115. The Balaban J connectivity index is 1.83. The van der Waals surface area contributed by atoms with Crippen molar-refractivity contribution in [3.8, 4) is 0 Å². The molecule has 3 aromatic rings. The summed E-state index contributed by atoms with van der Waals surface area (Å²) in [5, 5.41) is 4.96. The Labute approximate surface area is 165 Å². The number of aryl methyl sites for hydroxylation is 4. The number of fused-ring (bicyclic) bond motifs is 1. The van der Waals surface area contributed by atoms with Gasteiger partial charge in [0.2, 0.25) is 5.91 Å². The van der Waals surface area contributed by atoms with Gasteiger partial charge in [0.1, 0.15) is 0 Å². The molecule has 1 N–H and O–H groups in total. The molecule has 27 heavy (non-hydrogen) atoms. The Hall–Kier alpha value is -2.33. The van der Waals surface area contributed by atoms with E-state index < -0.39 is 0 Å². The SMILES string of the molecule is CCC(Sc1cc(C)c2cccc(C)c2n1)C(=O)Nc1cc(C)cc(C)c1. The summed E-state index contributed by atoms with van der Waals surface area (Å²) in [6.45, 7) is 10.3. The number of pyridine rings is 1. The van der Waals surface area contributed by atoms with Gasteiger partial charge in [0.25, 0.3) is 0 Å². The molecule has 1 unspecified atom stereocenters. The third-order valence-corrected chi connectivity index (χ3v) is 5.92. The highest BCUT2D eigenvalue weighted by Crippen LogP contribution is 2.30. The maximum atomic E-state index is 12.8. The molecule has 1 atom stereocenters. The zero-order chi connectivity index (χ0) is 19.6. The van der Waals surface area contributed by atoms with Crippen molar-refractivity contribution in [3.63, 3.8) is 0 Å². The first-order valence-corrected chi connectivity index (χ1v) is 10.2. The number of hydrogen-bond donors (Lipinski definition) is 1. The van der Waals surface area contributed by atoms with Crippen LogP contribution in [0.4, 0.5) is 5.69 Å². The van der Waals surface area contributed by atoms with Crippen LogP contribution in [-0.4, -0.2) is 16.1 Å². The van der Waals surface area contributed by atoms with Crippen molar-refractivity contribution in [2.24, 2.45) is 0 Å². The molecule has 0 aliphatic heterocycles. The van der Waals surface area contributed by atoms with Gasteiger partial charge in [-0.3, -0.25) is 4.79 Å². The molecular formula is C23H26N2OS. The maximum Gasteiger partial charge on any atom is 0.237 e. The van der Waals surface area contributed by atoms with Crippen LogP contribution in [0.5, 0.6) is 0 Å². The fraction of sp³-hybridized carbons (Fsp3) is 0.304. The lowest BCUT2D eigenvalue weighted by Crippen LogP contribution is -2.24. The number of thioether (sulfide) groups is 1. The molecule has 0 aliphatic carbocycles. The number of rotatable bonds is 5. The summed E-state index contributed by atoms with van der Waals surface area (Å²) in [7, 11) is 0. The van der Waals surface area contributed by atoms with Crippen LogP contribution in [0.25, 0.3) is 10.9 Å². The Kier molecular flexibility index (Phi) is 5.85. The summed E-state index contributed by atoms with van der Waals surface area (Å²) < 4.78 is 0. The van der Waals surface area contributed by atoms with Gasteiger partial charge in [-0.2, -0.15) is 0 Å². The highest BCUT2D eigenvalue weighted by Gasteiger charge is 2.20. The van der Waals surface area contributed by atoms with E-state index in [1.54, 1.807) is 0 Å². The molecule has 2 aromatic carbocycles. The van der Waals surface area contributed by atoms with Gasteiger partial charge < -0.3 is 5.32 Å². The van der Waals surface area contributed by atoms with E-state index in [0.717, 1.165) is 39.3 Å². The normalized spacial score (nSPS) is 12.2. The molecule has 1 heterocycles. The molecular weight excluding hydrogens is 352 g/mol. The van der Waals surface area contributed by atoms with Gasteiger partial charge in [-0.15, -0.1) is 0 Å². The number of anilines is 1. The molecule has 0 fully saturated rings. The van der Waals surface area contributed by atoms with E-state index in [4.69, 9.17) is 4.98 Å². The van der Waals surface area contributed by atoms with Crippen molar-refractivity contribution in [2.75, 3.05) is 5.32 Å². The minimum Gasteiger partial charge on any atom is -0.325 e. The first-order chi connectivity index (χ1) is 12.9. The van der Waals surface area contributed by atoms with Crippen LogP contribution >= 0.6 is 11.8 Å². The van der Waals surface area contributed by atoms with Crippen molar-refractivity contribution in [2.45, 2.75) is 51.3 Å². The summed E-state index contributed by atoms with van der Waals surface area (Å²) in [6.07, 6.45) is 0.744. The van der Waals surface area contributed by atoms with Gasteiger partial charge in [0.05, 0.1) is 15.8 Å². The summed E-state index contributed by atoms with van der Waals surface area (Å²) in [4.78, 5) is 17.7. The average Bonchev–Trinajstić information content (AvgIpc) is 2.59. The highest BCUT2D eigenvalue weighted by atomic mass is 32.2. The first kappa shape index (κ1) is 19.4. The minimum absolute atomic E-state index is 0.0248. The second-order valence-electron chi connectivity index (χ2n) is 7.13. The van der Waals surface area contributed by atoms with Crippen LogP contribution in [0.1, 0.15) is 35.6 Å². The summed E-state index contributed by atoms with van der Waals surface area (Å²) >= 11 is 1.54. The quantitative estimate of drug-likeness (QED) is 0.556. The summed E-state index contributed by atoms with van der Waals surface area (Å²) in [6, 6.07) is 14.4. The van der Waals surface area contributed by atoms with Crippen molar-refractivity contribution < 1.29 is 4.79 Å². The number of carbonyl (C=O) groups is 1. The van der Waals surface area contributed by atoms with Gasteiger partial charge in [-0.25, -0.2) is 4.98 Å². The fourth-order valence-electron chi connectivity index (χ4n) is 3.33. The molecule has 140 valence electrons. The third kappa shape index (κ3) is 4.51. The second kappa shape index (κ2) is 8.13. The van der Waals surface area contributed by atoms with Gasteiger partial charge in [0.15, 0.2) is 0 Å². The highest BCUT2D eigenvalue weighted by molar-refractivity contribution is 8.00. The molecule has 4 heteroatoms. The van der Waals surface area contributed by atoms with Crippen LogP contribution in [0.3, 0.4) is 0 Å². The van der Waals surface area contributed by atoms with Crippen LogP contribution < -0.4 is 5.32 Å². The van der Waals surface area contributed by atoms with Crippen LogP contribution in [-0.2, 0) is 4.79 Å². The lowest BCUT2D eigenvalue weighted by Gasteiger charge is -2.16. The molecule has 3 rings (SSSR count). The van der Waals surface area contributed by atoms with Crippen LogP contribution in [0.15, 0.2) is 47.5 Å². The standard InChI is InChI=1S/C23H26N2OS/c1-6-20(23(26)24-18-11-14(2)10-15(3)12-18)27-21-13-17(5)19-9-7-8-16(4)22(19)25-21/h7-13,20H,6H2,1-5H3,(H,24,26). The number of hydrogen-bond acceptors (Lipinski definition) is 3. The fourth-order valence-corrected chi connectivity index (χ4v) is 4.34. The maximum absolute atomic E-state index is 12.8. The van der Waals surface area contributed by atoms with E-state index in [0.29, 0.717) is 0 Å². The van der Waals surface area contributed by atoms with Crippen LogP contribution in [0.2, 0.25) is 0 Å².